The maximum absolute atomic E-state index is 11.1. The van der Waals surface area contributed by atoms with Crippen molar-refractivity contribution in [1.82, 2.24) is 5.32 Å². The number of carboxylic acids is 1. The number of nitrogens with zero attached hydrogens (tertiary/aromatic N) is 1. The number of hydrogen-bond donors (Lipinski definition) is 2. The fourth-order valence-corrected chi connectivity index (χ4v) is 2.33. The van der Waals surface area contributed by atoms with Crippen LogP contribution in [0.25, 0.3) is 4.72 Å². The average molecular weight is 296 g/mol. The summed E-state index contributed by atoms with van der Waals surface area (Å²) < 4.78 is 25.2. The van der Waals surface area contributed by atoms with E-state index in [0.717, 1.165) is 0 Å². The van der Waals surface area contributed by atoms with Crippen molar-refractivity contribution in [3.63, 3.8) is 0 Å². The van der Waals surface area contributed by atoms with Crippen LogP contribution in [0.4, 0.5) is 0 Å². The van der Waals surface area contributed by atoms with Gasteiger partial charge in [0.15, 0.2) is 0 Å². The van der Waals surface area contributed by atoms with Gasteiger partial charge in [0, 0.05) is 5.56 Å². The molecule has 0 spiro atoms. The van der Waals surface area contributed by atoms with Gasteiger partial charge in [-0.1, -0.05) is 18.2 Å². The third-order valence-corrected chi connectivity index (χ3v) is 3.24. The largest absolute Gasteiger partial charge is 1.00 e. The first-order chi connectivity index (χ1) is 8.38. The van der Waals surface area contributed by atoms with Crippen LogP contribution in [0.15, 0.2) is 29.2 Å². The molecule has 4 N–H and O–H groups in total. The number of likely N-dealkylation sites (N-methyl/N-ethyl adjacent to an activating group) is 1. The van der Waals surface area contributed by atoms with Gasteiger partial charge in [-0.2, -0.15) is 0 Å². The number of rotatable bonds is 2. The van der Waals surface area contributed by atoms with E-state index in [4.69, 9.17) is 5.11 Å². The molecule has 1 amide bonds. The molecule has 1 aromatic carbocycles. The number of hydrogen-bond acceptors (Lipinski definition) is 5. The minimum atomic E-state index is -3.68. The fraction of sp³-hybridized carbons (Fsp3) is 0.200. The van der Waals surface area contributed by atoms with Crippen molar-refractivity contribution in [2.45, 2.75) is 4.90 Å². The van der Waals surface area contributed by atoms with E-state index in [1.54, 1.807) is 19.2 Å². The molecule has 1 aromatic rings. The molecule has 0 saturated heterocycles. The number of sulfonamides is 1. The summed E-state index contributed by atoms with van der Waals surface area (Å²) in [6.07, 6.45) is 0. The molecule has 1 heterocycles. The predicted octanol–water partition coefficient (Wildman–Crippen LogP) is -3.63. The van der Waals surface area contributed by atoms with Gasteiger partial charge in [-0.05, 0) is 13.1 Å². The average Bonchev–Trinajstić information content (AvgIpc) is 2.51. The van der Waals surface area contributed by atoms with Crippen molar-refractivity contribution < 1.29 is 47.5 Å². The van der Waals surface area contributed by atoms with Crippen molar-refractivity contribution in [3.05, 3.63) is 34.6 Å². The summed E-state index contributed by atoms with van der Waals surface area (Å²) in [6, 6.07) is 5.99. The van der Waals surface area contributed by atoms with E-state index in [1.165, 1.54) is 12.1 Å². The smallest absolute Gasteiger partial charge is 0.537 e. The van der Waals surface area contributed by atoms with Crippen molar-refractivity contribution in [3.8, 4) is 0 Å². The molecule has 0 radical (unpaired) electrons. The summed E-state index contributed by atoms with van der Waals surface area (Å²) in [5, 5.41) is 10.3. The number of carbonyl (C=O) groups is 2. The standard InChI is InChI=1S/C7H5NO3S.C3H7NO2.Li.H2O/c9-7-5-3-1-2-4-6(5)12(10,11)8-7;1-4-2-3(5)6;;/h1-4H,(H,8,9);4H,2H2,1H3,(H,5,6);;1H2/q;;+1;/p-1. The molecule has 1 aliphatic heterocycles. The van der Waals surface area contributed by atoms with E-state index in [1.807, 2.05) is 0 Å². The van der Waals surface area contributed by atoms with Crippen LogP contribution in [-0.4, -0.2) is 44.5 Å². The van der Waals surface area contributed by atoms with Crippen LogP contribution >= 0.6 is 0 Å². The quantitative estimate of drug-likeness (QED) is 0.538. The molecular weight excluding hydrogens is 283 g/mol. The number of aliphatic carboxylic acids is 1. The maximum Gasteiger partial charge on any atom is 1.00 e. The summed E-state index contributed by atoms with van der Waals surface area (Å²) in [7, 11) is -2.09. The molecule has 0 unspecified atom stereocenters. The molecule has 10 heteroatoms. The van der Waals surface area contributed by atoms with Gasteiger partial charge in [0.1, 0.15) is 10.0 Å². The van der Waals surface area contributed by atoms with Gasteiger partial charge < -0.3 is 25.4 Å². The van der Waals surface area contributed by atoms with Gasteiger partial charge in [-0.25, -0.2) is 8.42 Å². The zero-order valence-electron chi connectivity index (χ0n) is 11.0. The molecular formula is C10H13LiN2O6S. The van der Waals surface area contributed by atoms with Gasteiger partial charge in [-0.3, -0.25) is 4.79 Å². The number of amides is 1. The van der Waals surface area contributed by atoms with Crippen LogP contribution in [-0.2, 0) is 14.8 Å². The summed E-state index contributed by atoms with van der Waals surface area (Å²) in [5.41, 5.74) is 0.164. The van der Waals surface area contributed by atoms with E-state index in [2.05, 4.69) is 10.0 Å². The summed E-state index contributed by atoms with van der Waals surface area (Å²) in [6.45, 7) is 0.0417. The zero-order valence-corrected chi connectivity index (χ0v) is 11.8. The van der Waals surface area contributed by atoms with Gasteiger partial charge in [0.25, 0.3) is 0 Å². The number of carbonyl (C=O) groups excluding carboxylic acids is 1. The van der Waals surface area contributed by atoms with Crippen molar-refractivity contribution in [2.75, 3.05) is 13.6 Å². The van der Waals surface area contributed by atoms with E-state index in [9.17, 15) is 18.0 Å². The number of benzene rings is 1. The summed E-state index contributed by atoms with van der Waals surface area (Å²) >= 11 is 0. The van der Waals surface area contributed by atoms with Crippen LogP contribution in [0.3, 0.4) is 0 Å². The summed E-state index contributed by atoms with van der Waals surface area (Å²) in [4.78, 5) is 20.5. The Morgan fingerprint density at radius 3 is 2.30 bits per heavy atom. The Kier molecular flexibility index (Phi) is 9.14. The Morgan fingerprint density at radius 1 is 1.35 bits per heavy atom. The van der Waals surface area contributed by atoms with E-state index >= 15 is 0 Å². The van der Waals surface area contributed by atoms with Crippen molar-refractivity contribution >= 4 is 21.9 Å². The molecule has 0 saturated carbocycles. The van der Waals surface area contributed by atoms with Crippen LogP contribution in [0.5, 0.6) is 0 Å². The predicted molar refractivity (Wildman–Crippen MR) is 66.5 cm³/mol. The third kappa shape index (κ3) is 5.32. The normalized spacial score (nSPS) is 13.6. The van der Waals surface area contributed by atoms with Gasteiger partial charge in [0.05, 0.1) is 17.3 Å². The molecule has 1 aliphatic rings. The molecule has 8 nitrogen and oxygen atoms in total. The van der Waals surface area contributed by atoms with Crippen LogP contribution in [0.2, 0.25) is 0 Å². The second-order valence-corrected chi connectivity index (χ2v) is 4.86. The number of carboxylic acid groups (broad SMARTS) is 1. The minimum Gasteiger partial charge on any atom is -0.537 e. The van der Waals surface area contributed by atoms with Crippen LogP contribution < -0.4 is 24.2 Å². The molecule has 0 bridgehead atoms. The Balaban J connectivity index is 0. The Hall–Kier alpha value is -1.37. The van der Waals surface area contributed by atoms with E-state index in [0.29, 0.717) is 0 Å². The van der Waals surface area contributed by atoms with Crippen molar-refractivity contribution in [2.24, 2.45) is 0 Å². The van der Waals surface area contributed by atoms with E-state index in [-0.39, 0.29) is 41.3 Å². The second-order valence-electron chi connectivity index (χ2n) is 3.29. The SMILES string of the molecule is CNCC(=O)O.O.O=C1[N-]S(=O)(=O)c2ccccc21.[Li+]. The molecule has 0 aliphatic carbocycles. The topological polar surface area (TPSA) is 146 Å². The summed E-state index contributed by atoms with van der Waals surface area (Å²) in [5.74, 6) is -1.50. The molecule has 2 rings (SSSR count). The Morgan fingerprint density at radius 2 is 1.90 bits per heavy atom. The zero-order chi connectivity index (χ0) is 13.8. The van der Waals surface area contributed by atoms with Gasteiger partial charge in [-0.15, -0.1) is 0 Å². The number of fused-ring (bicyclic) bond motifs is 1. The van der Waals surface area contributed by atoms with Gasteiger partial charge >= 0.3 is 24.8 Å². The first-order valence-corrected chi connectivity index (χ1v) is 6.30. The monoisotopic (exact) mass is 296 g/mol. The van der Waals surface area contributed by atoms with Gasteiger partial charge in [0.2, 0.25) is 0 Å². The Bertz CT molecular complexity index is 575. The Labute approximate surface area is 128 Å². The third-order valence-electron chi connectivity index (χ3n) is 1.93. The van der Waals surface area contributed by atoms with Crippen LogP contribution in [0, 0.1) is 0 Å². The minimum absolute atomic E-state index is 0. The van der Waals surface area contributed by atoms with Crippen molar-refractivity contribution in [1.29, 1.82) is 0 Å². The first-order valence-electron chi connectivity index (χ1n) is 4.86. The first kappa shape index (κ1) is 20.9. The van der Waals surface area contributed by atoms with E-state index < -0.39 is 21.9 Å². The maximum atomic E-state index is 11.1. The molecule has 0 aromatic heterocycles. The molecule has 0 atom stereocenters. The van der Waals surface area contributed by atoms with Crippen LogP contribution in [0.1, 0.15) is 10.4 Å². The number of nitrogens with one attached hydrogen (secondary N) is 1. The fourth-order valence-electron chi connectivity index (χ4n) is 1.23. The second kappa shape index (κ2) is 8.73. The molecule has 0 fully saturated rings. The molecule has 106 valence electrons. The molecule has 20 heavy (non-hydrogen) atoms.